The highest BCUT2D eigenvalue weighted by Gasteiger charge is 1.90. The van der Waals surface area contributed by atoms with Crippen LogP contribution in [0.3, 0.4) is 0 Å². The lowest BCUT2D eigenvalue weighted by atomic mass is 11.1. The predicted octanol–water partition coefficient (Wildman–Crippen LogP) is -1.32. The van der Waals surface area contributed by atoms with Crippen LogP contribution in [0.1, 0.15) is 0 Å². The van der Waals surface area contributed by atoms with Crippen LogP contribution in [0.5, 0.6) is 0 Å². The lowest BCUT2D eigenvalue weighted by Crippen LogP contribution is -3.00. The summed E-state index contributed by atoms with van der Waals surface area (Å²) in [6.07, 6.45) is 0. The number of hydrogen-bond donors (Lipinski definition) is 1. The minimum absolute atomic E-state index is 0. The summed E-state index contributed by atoms with van der Waals surface area (Å²) in [5.74, 6) is 0. The van der Waals surface area contributed by atoms with Gasteiger partial charge in [0.2, 0.25) is 0 Å². The fourth-order valence-corrected chi connectivity index (χ4v) is 0. The van der Waals surface area contributed by atoms with Crippen LogP contribution in [-0.4, -0.2) is 23.3 Å². The van der Waals surface area contributed by atoms with Crippen LogP contribution in [-0.2, 0) is 0 Å². The van der Waals surface area contributed by atoms with Crippen molar-refractivity contribution in [3.8, 4) is 0 Å². The second kappa shape index (κ2) is 11.6. The van der Waals surface area contributed by atoms with Gasteiger partial charge < -0.3 is 18.6 Å². The van der Waals surface area contributed by atoms with Crippen LogP contribution in [0.25, 0.3) is 0 Å². The SMILES string of the molecule is C[N+](C)=C(Cl)Cl.Cl.N.[Cl-]. The van der Waals surface area contributed by atoms with Crippen LogP contribution in [0, 0.1) is 0 Å². The van der Waals surface area contributed by atoms with Crippen molar-refractivity contribution in [1.29, 1.82) is 0 Å². The largest absolute Gasteiger partial charge is 1.00 e. The van der Waals surface area contributed by atoms with E-state index in [4.69, 9.17) is 23.2 Å². The number of nitrogens with zero attached hydrogens (tertiary/aromatic N) is 1. The van der Waals surface area contributed by atoms with Crippen LogP contribution in [0.15, 0.2) is 0 Å². The Hall–Kier alpha value is 0.790. The molecule has 0 aliphatic rings. The molecule has 0 aliphatic carbocycles. The molecule has 9 heavy (non-hydrogen) atoms. The average molecular weight is 216 g/mol. The van der Waals surface area contributed by atoms with Gasteiger partial charge >= 0.3 is 4.63 Å². The van der Waals surface area contributed by atoms with E-state index in [1.165, 1.54) is 0 Å². The van der Waals surface area contributed by atoms with Crippen molar-refractivity contribution < 1.29 is 17.0 Å². The molecule has 0 spiro atoms. The first-order valence-electron chi connectivity index (χ1n) is 1.50. The minimum Gasteiger partial charge on any atom is -1.00 e. The summed E-state index contributed by atoms with van der Waals surface area (Å²) < 4.78 is 1.90. The van der Waals surface area contributed by atoms with Crippen molar-refractivity contribution in [2.75, 3.05) is 14.1 Å². The number of hydrogen-bond acceptors (Lipinski definition) is 1. The first-order valence-corrected chi connectivity index (χ1v) is 2.25. The maximum atomic E-state index is 5.22. The molecule has 6 heteroatoms. The molecule has 0 saturated carbocycles. The van der Waals surface area contributed by atoms with E-state index in [-0.39, 0.29) is 35.6 Å². The van der Waals surface area contributed by atoms with E-state index in [0.29, 0.717) is 0 Å². The van der Waals surface area contributed by atoms with Gasteiger partial charge in [0, 0.05) is 23.2 Å². The van der Waals surface area contributed by atoms with E-state index >= 15 is 0 Å². The summed E-state index contributed by atoms with van der Waals surface area (Å²) in [4.78, 5) is 0. The Balaban J connectivity index is -0.0000000417. The van der Waals surface area contributed by atoms with E-state index in [1.807, 2.05) is 0 Å². The molecule has 0 unspecified atom stereocenters. The van der Waals surface area contributed by atoms with Gasteiger partial charge in [-0.2, -0.15) is 0 Å². The van der Waals surface area contributed by atoms with E-state index in [2.05, 4.69) is 0 Å². The van der Waals surface area contributed by atoms with Crippen molar-refractivity contribution in [2.24, 2.45) is 0 Å². The third-order valence-corrected chi connectivity index (χ3v) is 1.01. The second-order valence-electron chi connectivity index (χ2n) is 1.13. The van der Waals surface area contributed by atoms with Crippen molar-refractivity contribution in [3.63, 3.8) is 0 Å². The third-order valence-electron chi connectivity index (χ3n) is 0.338. The maximum Gasteiger partial charge on any atom is 0.340 e. The molecule has 0 aromatic rings. The van der Waals surface area contributed by atoms with Gasteiger partial charge in [-0.25, -0.2) is 4.58 Å². The fourth-order valence-electron chi connectivity index (χ4n) is 0. The van der Waals surface area contributed by atoms with Crippen LogP contribution in [0.2, 0.25) is 0 Å². The Kier molecular flexibility index (Phi) is 29.0. The maximum absolute atomic E-state index is 5.22. The molecule has 0 amide bonds. The standard InChI is InChI=1S/C3H6Cl2N.2ClH.H3N/c1-6(2)3(4)5;;;/h1-2H3;2*1H;1H3/q+1;;;/p-1. The van der Waals surface area contributed by atoms with Crippen molar-refractivity contribution in [3.05, 3.63) is 0 Å². The molecule has 0 aliphatic heterocycles. The highest BCUT2D eigenvalue weighted by molar-refractivity contribution is 6.94. The van der Waals surface area contributed by atoms with Gasteiger partial charge in [-0.1, -0.05) is 0 Å². The summed E-state index contributed by atoms with van der Waals surface area (Å²) >= 11 is 10.4. The fraction of sp³-hybridized carbons (Fsp3) is 0.667. The van der Waals surface area contributed by atoms with Gasteiger partial charge in [0.15, 0.2) is 0 Å². The molecular weight excluding hydrogens is 206 g/mol. The Morgan fingerprint density at radius 1 is 1.22 bits per heavy atom. The summed E-state index contributed by atoms with van der Waals surface area (Å²) in [5.41, 5.74) is 0. The molecule has 0 saturated heterocycles. The summed E-state index contributed by atoms with van der Waals surface area (Å²) in [5, 5.41) is 0. The summed E-state index contributed by atoms with van der Waals surface area (Å²) in [7, 11) is 3.55. The highest BCUT2D eigenvalue weighted by Crippen LogP contribution is 1.85. The molecule has 60 valence electrons. The highest BCUT2D eigenvalue weighted by atomic mass is 35.5. The zero-order chi connectivity index (χ0) is 5.15. The number of halogens is 4. The number of rotatable bonds is 0. The van der Waals surface area contributed by atoms with Gasteiger partial charge in [0.05, 0.1) is 0 Å². The third kappa shape index (κ3) is 17.7. The van der Waals surface area contributed by atoms with E-state index in [9.17, 15) is 0 Å². The quantitative estimate of drug-likeness (QED) is 0.395. The Morgan fingerprint density at radius 3 is 1.33 bits per heavy atom. The molecule has 2 nitrogen and oxygen atoms in total. The average Bonchev–Trinajstić information content (AvgIpc) is 1.36. The van der Waals surface area contributed by atoms with Gasteiger partial charge in [0.1, 0.15) is 14.1 Å². The van der Waals surface area contributed by atoms with Gasteiger partial charge in [-0.05, 0) is 0 Å². The molecule has 0 bridgehead atoms. The van der Waals surface area contributed by atoms with Crippen molar-refractivity contribution >= 4 is 40.2 Å². The first-order chi connectivity index (χ1) is 2.64. The molecule has 0 aromatic carbocycles. The van der Waals surface area contributed by atoms with Crippen molar-refractivity contribution in [1.82, 2.24) is 6.15 Å². The topological polar surface area (TPSA) is 38.0 Å². The summed E-state index contributed by atoms with van der Waals surface area (Å²) in [6, 6.07) is 0. The molecule has 0 heterocycles. The normalized spacial score (nSPS) is 5.33. The summed E-state index contributed by atoms with van der Waals surface area (Å²) in [6.45, 7) is 0. The Bertz CT molecular complexity index is 63.9. The zero-order valence-electron chi connectivity index (χ0n) is 5.20. The lowest BCUT2D eigenvalue weighted by Gasteiger charge is -1.77. The molecule has 0 radical (unpaired) electrons. The van der Waals surface area contributed by atoms with E-state index in [0.717, 1.165) is 0 Å². The monoisotopic (exact) mass is 214 g/mol. The van der Waals surface area contributed by atoms with E-state index < -0.39 is 0 Å². The molecule has 0 aromatic heterocycles. The van der Waals surface area contributed by atoms with Gasteiger partial charge in [0.25, 0.3) is 0 Å². The smallest absolute Gasteiger partial charge is 0.340 e. The predicted molar refractivity (Wildman–Crippen MR) is 41.1 cm³/mol. The lowest BCUT2D eigenvalue weighted by molar-refractivity contribution is -0.459. The van der Waals surface area contributed by atoms with E-state index in [1.54, 1.807) is 18.7 Å². The molecule has 0 rings (SSSR count). The molecule has 3 N–H and O–H groups in total. The first kappa shape index (κ1) is 22.6. The molecular formula is C3H10Cl4N2. The van der Waals surface area contributed by atoms with Gasteiger partial charge in [-0.3, -0.25) is 0 Å². The second-order valence-corrected chi connectivity index (χ2v) is 2.04. The van der Waals surface area contributed by atoms with Gasteiger partial charge in [-0.15, -0.1) is 12.4 Å². The van der Waals surface area contributed by atoms with Crippen molar-refractivity contribution in [2.45, 2.75) is 0 Å². The minimum atomic E-state index is 0. The van der Waals surface area contributed by atoms with Crippen LogP contribution >= 0.6 is 35.6 Å². The van der Waals surface area contributed by atoms with Crippen LogP contribution in [0.4, 0.5) is 0 Å². The Labute approximate surface area is 77.6 Å². The molecule has 0 fully saturated rings. The molecule has 0 atom stereocenters. The zero-order valence-corrected chi connectivity index (χ0v) is 8.28. The Morgan fingerprint density at radius 2 is 1.33 bits per heavy atom. The van der Waals surface area contributed by atoms with Crippen LogP contribution < -0.4 is 18.6 Å².